The van der Waals surface area contributed by atoms with E-state index >= 15 is 0 Å². The van der Waals surface area contributed by atoms with Crippen molar-refractivity contribution in [1.29, 1.82) is 0 Å². The molecule has 0 heterocycles. The molecule has 8 nitrogen and oxygen atoms in total. The van der Waals surface area contributed by atoms with Gasteiger partial charge in [-0.1, -0.05) is 13.8 Å². The van der Waals surface area contributed by atoms with Crippen molar-refractivity contribution in [3.8, 4) is 0 Å². The number of ketones is 2. The third-order valence-corrected chi connectivity index (χ3v) is 1.74. The number of carboxylic acid groups (broad SMARTS) is 2. The second-order valence-corrected chi connectivity index (χ2v) is 8.02. The number of aliphatic carboxylic acids is 2. The molecule has 170 valence electrons. The Kier molecular flexibility index (Phi) is 28.7. The second-order valence-electron chi connectivity index (χ2n) is 8.02. The quantitative estimate of drug-likeness (QED) is 0.398. The van der Waals surface area contributed by atoms with Gasteiger partial charge in [-0.3, -0.25) is 9.59 Å². The number of carboxylic acids is 2. The molecule has 0 aromatic rings. The third-order valence-electron chi connectivity index (χ3n) is 1.74. The summed E-state index contributed by atoms with van der Waals surface area (Å²) in [7, 11) is 0. The Bertz CT molecular complexity index is 394. The average molecular weight is 454 g/mol. The van der Waals surface area contributed by atoms with Gasteiger partial charge in [0.1, 0.15) is 11.6 Å². The number of aliphatic hydroxyl groups is 2. The molecule has 2 N–H and O–H groups in total. The molecule has 0 saturated carbocycles. The molecular weight excluding hydrogens is 416 g/mol. The van der Waals surface area contributed by atoms with Gasteiger partial charge >= 0.3 is 21.7 Å². The molecule has 0 unspecified atom stereocenters. The van der Waals surface area contributed by atoms with Crippen LogP contribution in [0, 0.1) is 0 Å². The maximum Gasteiger partial charge on any atom is 2.00 e. The first-order chi connectivity index (χ1) is 12.3. The number of hydrogen-bond donors (Lipinski definition) is 2. The summed E-state index contributed by atoms with van der Waals surface area (Å²) in [5.74, 6) is -3.07. The monoisotopic (exact) mass is 454 g/mol. The molecule has 29 heavy (non-hydrogen) atoms. The van der Waals surface area contributed by atoms with E-state index in [0.717, 1.165) is 0 Å². The van der Waals surface area contributed by atoms with E-state index in [2.05, 4.69) is 0 Å². The maximum atomic E-state index is 10.4. The number of carbonyl (C=O) groups is 4. The van der Waals surface area contributed by atoms with Crippen molar-refractivity contribution < 1.29 is 61.3 Å². The molecule has 0 aromatic carbocycles. The van der Waals surface area contributed by atoms with Crippen LogP contribution in [0.5, 0.6) is 0 Å². The Morgan fingerprint density at radius 1 is 0.655 bits per heavy atom. The van der Waals surface area contributed by atoms with Gasteiger partial charge in [0.15, 0.2) is 0 Å². The van der Waals surface area contributed by atoms with Crippen molar-refractivity contribution in [2.24, 2.45) is 0 Å². The Morgan fingerprint density at radius 2 is 0.828 bits per heavy atom. The summed E-state index contributed by atoms with van der Waals surface area (Å²) >= 11 is 0. The molecular formula is C20H38O8Ti. The topological polar surface area (TPSA) is 155 Å². The van der Waals surface area contributed by atoms with E-state index < -0.39 is 36.0 Å². The summed E-state index contributed by atoms with van der Waals surface area (Å²) in [5.41, 5.74) is -1.00. The van der Waals surface area contributed by atoms with Crippen LogP contribution in [0.3, 0.4) is 0 Å². The molecule has 0 aliphatic rings. The summed E-state index contributed by atoms with van der Waals surface area (Å²) in [6.07, 6.45) is 1.21. The van der Waals surface area contributed by atoms with Crippen LogP contribution in [0.4, 0.5) is 0 Å². The Balaban J connectivity index is -0.0000000907. The van der Waals surface area contributed by atoms with Crippen LogP contribution in [0.1, 0.15) is 93.9 Å². The molecule has 0 aliphatic carbocycles. The maximum absolute atomic E-state index is 10.4. The van der Waals surface area contributed by atoms with E-state index in [4.69, 9.17) is 10.2 Å². The van der Waals surface area contributed by atoms with Gasteiger partial charge in [0.25, 0.3) is 0 Å². The van der Waals surface area contributed by atoms with E-state index in [1.165, 1.54) is 0 Å². The van der Waals surface area contributed by atoms with Crippen molar-refractivity contribution in [3.05, 3.63) is 0 Å². The fourth-order valence-electron chi connectivity index (χ4n) is 1.06. The largest absolute Gasteiger partial charge is 2.00 e. The number of hydrogen-bond acceptors (Lipinski definition) is 8. The van der Waals surface area contributed by atoms with Gasteiger partial charge in [0.2, 0.25) is 0 Å². The SMILES string of the molecule is CC(C)(C)O.CC(C)(C)O.CCCC(=O)CC(=O)[O-].CCCC(=O)CC(=O)[O-].[Ti+2]. The van der Waals surface area contributed by atoms with Crippen molar-refractivity contribution in [1.82, 2.24) is 0 Å². The zero-order valence-corrected chi connectivity index (χ0v) is 20.6. The Morgan fingerprint density at radius 3 is 0.931 bits per heavy atom. The first-order valence-corrected chi connectivity index (χ1v) is 9.21. The average Bonchev–Trinajstić information content (AvgIpc) is 2.33. The van der Waals surface area contributed by atoms with Crippen LogP contribution in [0.15, 0.2) is 0 Å². The van der Waals surface area contributed by atoms with Gasteiger partial charge in [0, 0.05) is 37.6 Å². The first kappa shape index (κ1) is 38.5. The van der Waals surface area contributed by atoms with Crippen molar-refractivity contribution in [3.63, 3.8) is 0 Å². The molecule has 9 heteroatoms. The number of Topliss-reactive ketones (excluding diaryl/α,β-unsaturated/α-hetero) is 2. The van der Waals surface area contributed by atoms with Crippen LogP contribution in [0.2, 0.25) is 0 Å². The van der Waals surface area contributed by atoms with Gasteiger partial charge in [0.05, 0.1) is 11.2 Å². The second kappa shape index (κ2) is 21.6. The normalized spacial score (nSPS) is 9.72. The minimum absolute atomic E-state index is 0. The molecule has 0 saturated heterocycles. The van der Waals surface area contributed by atoms with Crippen LogP contribution in [-0.4, -0.2) is 44.9 Å². The molecule has 0 spiro atoms. The standard InChI is InChI=1S/2C6H10O3.2C4H10O.Ti/c2*1-2-3-5(7)4-6(8)9;2*1-4(2,3)5;/h2*2-4H2,1H3,(H,8,9);2*5H,1-3H3;/q;;;;+2/p-2. The van der Waals surface area contributed by atoms with Crippen LogP contribution in [0.25, 0.3) is 0 Å². The molecule has 0 fully saturated rings. The molecule has 0 rings (SSSR count). The fourth-order valence-corrected chi connectivity index (χ4v) is 1.06. The molecule has 0 atom stereocenters. The molecule has 0 radical (unpaired) electrons. The van der Waals surface area contributed by atoms with Crippen molar-refractivity contribution in [2.45, 2.75) is 105 Å². The zero-order chi connectivity index (χ0) is 23.6. The first-order valence-electron chi connectivity index (χ1n) is 9.21. The summed E-state index contributed by atoms with van der Waals surface area (Å²) in [6.45, 7) is 14.1. The molecule has 0 aromatic heterocycles. The minimum atomic E-state index is -1.28. The van der Waals surface area contributed by atoms with E-state index in [1.54, 1.807) is 41.5 Å². The smallest absolute Gasteiger partial charge is 0.550 e. The van der Waals surface area contributed by atoms with Gasteiger partial charge < -0.3 is 30.0 Å². The van der Waals surface area contributed by atoms with Gasteiger partial charge in [-0.05, 0) is 54.4 Å². The van der Waals surface area contributed by atoms with Crippen LogP contribution >= 0.6 is 0 Å². The minimum Gasteiger partial charge on any atom is -0.550 e. The van der Waals surface area contributed by atoms with E-state index in [9.17, 15) is 29.4 Å². The van der Waals surface area contributed by atoms with E-state index in [-0.39, 0.29) is 33.3 Å². The summed E-state index contributed by atoms with van der Waals surface area (Å²) in [6, 6.07) is 0. The summed E-state index contributed by atoms with van der Waals surface area (Å²) < 4.78 is 0. The van der Waals surface area contributed by atoms with Crippen molar-refractivity contribution in [2.75, 3.05) is 0 Å². The predicted molar refractivity (Wildman–Crippen MR) is 103 cm³/mol. The number of rotatable bonds is 8. The summed E-state index contributed by atoms with van der Waals surface area (Å²) in [4.78, 5) is 40.4. The molecule has 0 bridgehead atoms. The van der Waals surface area contributed by atoms with Gasteiger partial charge in [-0.25, -0.2) is 0 Å². The molecule has 0 aliphatic heterocycles. The zero-order valence-electron chi connectivity index (χ0n) is 19.1. The predicted octanol–water partition coefficient (Wildman–Crippen LogP) is 0.543. The van der Waals surface area contributed by atoms with E-state index in [1.807, 2.05) is 13.8 Å². The number of carbonyl (C=O) groups excluding carboxylic acids is 4. The van der Waals surface area contributed by atoms with Crippen molar-refractivity contribution >= 4 is 23.5 Å². The Hall–Kier alpha value is -1.09. The van der Waals surface area contributed by atoms with Crippen LogP contribution in [-0.2, 0) is 40.9 Å². The van der Waals surface area contributed by atoms with Gasteiger partial charge in [-0.2, -0.15) is 0 Å². The Labute approximate surface area is 190 Å². The summed E-state index contributed by atoms with van der Waals surface area (Å²) in [5, 5.41) is 36.5. The third kappa shape index (κ3) is 100. The fraction of sp³-hybridized carbons (Fsp3) is 0.800. The molecule has 0 amide bonds. The van der Waals surface area contributed by atoms with Crippen LogP contribution < -0.4 is 10.2 Å². The van der Waals surface area contributed by atoms with E-state index in [0.29, 0.717) is 25.7 Å². The van der Waals surface area contributed by atoms with Gasteiger partial charge in [-0.15, -0.1) is 0 Å².